The summed E-state index contributed by atoms with van der Waals surface area (Å²) < 4.78 is 0. The first-order chi connectivity index (χ1) is 18.3. The molecule has 5 rings (SSSR count). The molecule has 0 amide bonds. The van der Waals surface area contributed by atoms with Gasteiger partial charge < -0.3 is 20.4 Å². The van der Waals surface area contributed by atoms with Crippen LogP contribution >= 0.6 is 0 Å². The summed E-state index contributed by atoms with van der Waals surface area (Å²) in [6, 6.07) is 30.1. The molecule has 0 saturated heterocycles. The maximum Gasteiger partial charge on any atom is 0.162 e. The Morgan fingerprint density at radius 2 is 1.49 bits per heavy atom. The van der Waals surface area contributed by atoms with E-state index in [9.17, 15) is 10.2 Å². The van der Waals surface area contributed by atoms with Crippen LogP contribution in [0.3, 0.4) is 0 Å². The lowest BCUT2D eigenvalue weighted by Gasteiger charge is -2.23. The van der Waals surface area contributed by atoms with Crippen LogP contribution in [0, 0.1) is 0 Å². The van der Waals surface area contributed by atoms with Gasteiger partial charge in [-0.2, -0.15) is 0 Å². The summed E-state index contributed by atoms with van der Waals surface area (Å²) in [5.74, 6) is 1.33. The second-order valence-electron chi connectivity index (χ2n) is 8.62. The molecule has 3 aromatic carbocycles. The molecule has 7 heteroatoms. The Morgan fingerprint density at radius 3 is 2.24 bits per heavy atom. The van der Waals surface area contributed by atoms with Gasteiger partial charge in [-0.05, 0) is 41.5 Å². The van der Waals surface area contributed by atoms with E-state index < -0.39 is 0 Å². The molecule has 2 heterocycles. The van der Waals surface area contributed by atoms with Crippen molar-refractivity contribution in [2.75, 3.05) is 36.5 Å². The fraction of sp³-hybridized carbons (Fsp3) is 0.167. The molecule has 0 aliphatic rings. The van der Waals surface area contributed by atoms with Crippen LogP contribution in [0.5, 0.6) is 0 Å². The summed E-state index contributed by atoms with van der Waals surface area (Å²) in [6.45, 7) is 1.39. The third kappa shape index (κ3) is 5.58. The molecule has 0 spiro atoms. The molecule has 0 atom stereocenters. The number of nitrogens with zero attached hydrogens (tertiary/aromatic N) is 4. The molecule has 0 aliphatic heterocycles. The van der Waals surface area contributed by atoms with Gasteiger partial charge in [0.2, 0.25) is 0 Å². The van der Waals surface area contributed by atoms with Gasteiger partial charge in [-0.3, -0.25) is 4.98 Å². The van der Waals surface area contributed by atoms with E-state index in [1.165, 1.54) is 0 Å². The Labute approximate surface area is 216 Å². The molecule has 0 aliphatic carbocycles. The van der Waals surface area contributed by atoms with Crippen molar-refractivity contribution in [3.63, 3.8) is 0 Å². The first-order valence-corrected chi connectivity index (χ1v) is 12.3. The molecule has 3 N–H and O–H groups in total. The average Bonchev–Trinajstić information content (AvgIpc) is 2.96. The van der Waals surface area contributed by atoms with Gasteiger partial charge in [0.25, 0.3) is 0 Å². The number of hydrogen-bond donors (Lipinski definition) is 3. The third-order valence-electron chi connectivity index (χ3n) is 6.18. The molecule has 0 bridgehead atoms. The molecule has 0 unspecified atom stereocenters. The van der Waals surface area contributed by atoms with E-state index in [0.29, 0.717) is 25.5 Å². The predicted molar refractivity (Wildman–Crippen MR) is 148 cm³/mol. The highest BCUT2D eigenvalue weighted by atomic mass is 16.3. The van der Waals surface area contributed by atoms with E-state index in [2.05, 4.69) is 28.5 Å². The minimum absolute atomic E-state index is 0.000550. The van der Waals surface area contributed by atoms with Crippen LogP contribution in [0.1, 0.15) is 5.69 Å². The zero-order valence-electron chi connectivity index (χ0n) is 20.5. The van der Waals surface area contributed by atoms with Gasteiger partial charge in [0.1, 0.15) is 5.82 Å². The van der Waals surface area contributed by atoms with Gasteiger partial charge in [-0.25, -0.2) is 9.97 Å². The minimum Gasteiger partial charge on any atom is -0.395 e. The SMILES string of the molecule is OCCN(CCO)c1cccc(-c2nc(NCc3ccccn3)c3c(-c4ccccc4)cccc3n2)c1. The Morgan fingerprint density at radius 1 is 0.730 bits per heavy atom. The lowest BCUT2D eigenvalue weighted by atomic mass is 10.0. The van der Waals surface area contributed by atoms with Crippen molar-refractivity contribution in [2.45, 2.75) is 6.54 Å². The van der Waals surface area contributed by atoms with Gasteiger partial charge in [-0.15, -0.1) is 0 Å². The zero-order chi connectivity index (χ0) is 25.5. The number of nitrogens with one attached hydrogen (secondary N) is 1. The van der Waals surface area contributed by atoms with Crippen molar-refractivity contribution < 1.29 is 10.2 Å². The molecule has 5 aromatic rings. The lowest BCUT2D eigenvalue weighted by Crippen LogP contribution is -2.29. The topological polar surface area (TPSA) is 94.4 Å². The van der Waals surface area contributed by atoms with Crippen molar-refractivity contribution in [3.8, 4) is 22.5 Å². The van der Waals surface area contributed by atoms with Crippen LogP contribution in [0.4, 0.5) is 11.5 Å². The molecule has 186 valence electrons. The number of pyridine rings is 1. The number of aliphatic hydroxyl groups is 2. The van der Waals surface area contributed by atoms with E-state index in [-0.39, 0.29) is 13.2 Å². The lowest BCUT2D eigenvalue weighted by molar-refractivity contribution is 0.281. The minimum atomic E-state index is 0.000550. The van der Waals surface area contributed by atoms with Gasteiger partial charge in [0.05, 0.1) is 36.4 Å². The molecule has 37 heavy (non-hydrogen) atoms. The fourth-order valence-electron chi connectivity index (χ4n) is 4.43. The van der Waals surface area contributed by atoms with Crippen molar-refractivity contribution in [3.05, 3.63) is 103 Å². The van der Waals surface area contributed by atoms with E-state index >= 15 is 0 Å². The Hall–Kier alpha value is -4.33. The quantitative estimate of drug-likeness (QED) is 0.259. The first kappa shape index (κ1) is 24.4. The largest absolute Gasteiger partial charge is 0.395 e. The molecule has 0 saturated carbocycles. The zero-order valence-corrected chi connectivity index (χ0v) is 20.5. The number of hydrogen-bond acceptors (Lipinski definition) is 7. The van der Waals surface area contributed by atoms with Crippen LogP contribution < -0.4 is 10.2 Å². The van der Waals surface area contributed by atoms with Gasteiger partial charge in [-0.1, -0.05) is 60.7 Å². The number of fused-ring (bicyclic) bond motifs is 1. The maximum absolute atomic E-state index is 9.48. The second-order valence-corrected chi connectivity index (χ2v) is 8.62. The molecule has 0 radical (unpaired) electrons. The van der Waals surface area contributed by atoms with E-state index in [1.54, 1.807) is 6.20 Å². The molecule has 7 nitrogen and oxygen atoms in total. The summed E-state index contributed by atoms with van der Waals surface area (Å²) in [6.07, 6.45) is 1.78. The van der Waals surface area contributed by atoms with Gasteiger partial charge >= 0.3 is 0 Å². The number of rotatable bonds is 10. The summed E-state index contributed by atoms with van der Waals surface area (Å²) in [5, 5.41) is 23.4. The maximum atomic E-state index is 9.48. The Kier molecular flexibility index (Phi) is 7.64. The Bertz CT molecular complexity index is 1460. The first-order valence-electron chi connectivity index (χ1n) is 12.3. The number of anilines is 2. The third-order valence-corrected chi connectivity index (χ3v) is 6.18. The average molecular weight is 492 g/mol. The second kappa shape index (κ2) is 11.6. The molecule has 2 aromatic heterocycles. The summed E-state index contributed by atoms with van der Waals surface area (Å²) >= 11 is 0. The number of aliphatic hydroxyl groups excluding tert-OH is 2. The predicted octanol–water partition coefficient (Wildman–Crippen LogP) is 4.76. The summed E-state index contributed by atoms with van der Waals surface area (Å²) in [5.41, 5.74) is 5.65. The van der Waals surface area contributed by atoms with Crippen molar-refractivity contribution >= 4 is 22.4 Å². The number of aromatic nitrogens is 3. The standard InChI is InChI=1S/C30H29N5O2/c36-18-16-35(17-19-37)25-12-6-10-23(20-25)29-33-27-14-7-13-26(22-8-2-1-3-9-22)28(27)30(34-29)32-21-24-11-4-5-15-31-24/h1-15,20,36-37H,16-19,21H2,(H,32,33,34). The smallest absolute Gasteiger partial charge is 0.162 e. The van der Waals surface area contributed by atoms with E-state index in [0.717, 1.165) is 44.8 Å². The summed E-state index contributed by atoms with van der Waals surface area (Å²) in [7, 11) is 0. The van der Waals surface area contributed by atoms with Crippen LogP contribution in [0.25, 0.3) is 33.4 Å². The van der Waals surface area contributed by atoms with Crippen LogP contribution in [-0.4, -0.2) is 51.5 Å². The van der Waals surface area contributed by atoms with Crippen molar-refractivity contribution in [2.24, 2.45) is 0 Å². The van der Waals surface area contributed by atoms with Gasteiger partial charge in [0, 0.05) is 30.5 Å². The van der Waals surface area contributed by atoms with Crippen LogP contribution in [-0.2, 0) is 6.54 Å². The van der Waals surface area contributed by atoms with E-state index in [4.69, 9.17) is 9.97 Å². The molecular formula is C30H29N5O2. The monoisotopic (exact) mass is 491 g/mol. The van der Waals surface area contributed by atoms with Crippen LogP contribution in [0.2, 0.25) is 0 Å². The summed E-state index contributed by atoms with van der Waals surface area (Å²) in [4.78, 5) is 16.3. The normalized spacial score (nSPS) is 11.0. The van der Waals surface area contributed by atoms with Crippen LogP contribution in [0.15, 0.2) is 97.2 Å². The van der Waals surface area contributed by atoms with Gasteiger partial charge in [0.15, 0.2) is 5.82 Å². The van der Waals surface area contributed by atoms with Crippen molar-refractivity contribution in [1.29, 1.82) is 0 Å². The Balaban J connectivity index is 1.62. The highest BCUT2D eigenvalue weighted by Crippen LogP contribution is 2.34. The number of benzene rings is 3. The highest BCUT2D eigenvalue weighted by Gasteiger charge is 2.15. The molecule has 0 fully saturated rings. The van der Waals surface area contributed by atoms with Crippen molar-refractivity contribution in [1.82, 2.24) is 15.0 Å². The van der Waals surface area contributed by atoms with E-state index in [1.807, 2.05) is 77.7 Å². The fourth-order valence-corrected chi connectivity index (χ4v) is 4.43. The highest BCUT2D eigenvalue weighted by molar-refractivity contribution is 6.02. The molecular weight excluding hydrogens is 462 g/mol.